The first-order valence-electron chi connectivity index (χ1n) is 8.53. The van der Waals surface area contributed by atoms with Crippen molar-refractivity contribution >= 4 is 11.7 Å². The Balaban J connectivity index is 1.53. The van der Waals surface area contributed by atoms with Gasteiger partial charge in [-0.3, -0.25) is 14.2 Å². The monoisotopic (exact) mass is 311 g/mol. The molecule has 5 nitrogen and oxygen atoms in total. The van der Waals surface area contributed by atoms with Crippen LogP contribution in [0.2, 0.25) is 0 Å². The lowest BCUT2D eigenvalue weighted by atomic mass is 9.86. The fourth-order valence-corrected chi connectivity index (χ4v) is 3.72. The third kappa shape index (κ3) is 3.33. The van der Waals surface area contributed by atoms with Gasteiger partial charge in [-0.25, -0.2) is 0 Å². The zero-order chi connectivity index (χ0) is 15.4. The molecular formula is C16H26FN3O2. The summed E-state index contributed by atoms with van der Waals surface area (Å²) in [5, 5.41) is 6.33. The smallest absolute Gasteiger partial charge is 0.253 e. The van der Waals surface area contributed by atoms with Crippen LogP contribution in [0.15, 0.2) is 4.99 Å². The molecule has 0 aromatic carbocycles. The van der Waals surface area contributed by atoms with E-state index in [1.807, 2.05) is 0 Å². The normalized spacial score (nSPS) is 31.1. The van der Waals surface area contributed by atoms with Crippen molar-refractivity contribution in [3.8, 4) is 0 Å². The SMILES string of the molecule is O=C1NC([C@H]2CC[C@@H](OCCCF)CC2)=NC12CCNCC2. The number of alkyl halides is 1. The number of nitrogens with one attached hydrogen (secondary N) is 2. The summed E-state index contributed by atoms with van der Waals surface area (Å²) in [5.41, 5.74) is -0.505. The Morgan fingerprint density at radius 3 is 2.64 bits per heavy atom. The summed E-state index contributed by atoms with van der Waals surface area (Å²) in [5.74, 6) is 1.33. The molecule has 0 aromatic heterocycles. The van der Waals surface area contributed by atoms with Crippen molar-refractivity contribution in [3.05, 3.63) is 0 Å². The highest BCUT2D eigenvalue weighted by Crippen LogP contribution is 2.33. The van der Waals surface area contributed by atoms with E-state index in [-0.39, 0.29) is 18.7 Å². The lowest BCUT2D eigenvalue weighted by Gasteiger charge is -2.29. The van der Waals surface area contributed by atoms with Crippen LogP contribution < -0.4 is 10.6 Å². The fraction of sp³-hybridized carbons (Fsp3) is 0.875. The third-order valence-electron chi connectivity index (χ3n) is 5.12. The number of hydrogen-bond donors (Lipinski definition) is 2. The molecule has 2 N–H and O–H groups in total. The molecule has 6 heteroatoms. The van der Waals surface area contributed by atoms with Crippen LogP contribution in [0.4, 0.5) is 4.39 Å². The van der Waals surface area contributed by atoms with Gasteiger partial charge < -0.3 is 15.4 Å². The van der Waals surface area contributed by atoms with Gasteiger partial charge >= 0.3 is 0 Å². The highest BCUT2D eigenvalue weighted by Gasteiger charge is 2.45. The highest BCUT2D eigenvalue weighted by atomic mass is 19.1. The summed E-state index contributed by atoms with van der Waals surface area (Å²) < 4.78 is 17.8. The summed E-state index contributed by atoms with van der Waals surface area (Å²) in [6.45, 7) is 1.92. The fourth-order valence-electron chi connectivity index (χ4n) is 3.72. The highest BCUT2D eigenvalue weighted by molar-refractivity contribution is 6.09. The van der Waals surface area contributed by atoms with Crippen LogP contribution in [0, 0.1) is 5.92 Å². The van der Waals surface area contributed by atoms with Gasteiger partial charge in [0.15, 0.2) is 0 Å². The number of aliphatic imine (C=N–C) groups is 1. The van der Waals surface area contributed by atoms with E-state index in [1.54, 1.807) is 0 Å². The quantitative estimate of drug-likeness (QED) is 0.758. The molecule has 0 bridgehead atoms. The minimum absolute atomic E-state index is 0.0883. The van der Waals surface area contributed by atoms with Crippen LogP contribution in [-0.4, -0.2) is 49.8 Å². The second-order valence-corrected chi connectivity index (χ2v) is 6.62. The van der Waals surface area contributed by atoms with Crippen LogP contribution in [0.1, 0.15) is 44.9 Å². The second-order valence-electron chi connectivity index (χ2n) is 6.62. The van der Waals surface area contributed by atoms with Crippen molar-refractivity contribution < 1.29 is 13.9 Å². The number of ether oxygens (including phenoxy) is 1. The third-order valence-corrected chi connectivity index (χ3v) is 5.12. The second kappa shape index (κ2) is 7.04. The molecule has 3 rings (SSSR count). The van der Waals surface area contributed by atoms with Crippen molar-refractivity contribution in [2.45, 2.75) is 56.6 Å². The maximum atomic E-state index is 12.3. The van der Waals surface area contributed by atoms with E-state index in [4.69, 9.17) is 9.73 Å². The number of carbonyl (C=O) groups excluding carboxylic acids is 1. The number of amides is 1. The number of halogens is 1. The zero-order valence-electron chi connectivity index (χ0n) is 13.1. The molecule has 0 atom stereocenters. The molecule has 0 radical (unpaired) electrons. The van der Waals surface area contributed by atoms with Crippen LogP contribution in [-0.2, 0) is 9.53 Å². The van der Waals surface area contributed by atoms with Crippen LogP contribution in [0.25, 0.3) is 0 Å². The van der Waals surface area contributed by atoms with Crippen molar-refractivity contribution in [2.24, 2.45) is 10.9 Å². The maximum Gasteiger partial charge on any atom is 0.253 e. The van der Waals surface area contributed by atoms with Gasteiger partial charge in [-0.05, 0) is 58.0 Å². The van der Waals surface area contributed by atoms with Crippen LogP contribution >= 0.6 is 0 Å². The largest absolute Gasteiger partial charge is 0.378 e. The Morgan fingerprint density at radius 2 is 1.95 bits per heavy atom. The first-order chi connectivity index (χ1) is 10.7. The van der Waals surface area contributed by atoms with E-state index in [2.05, 4.69) is 10.6 Å². The van der Waals surface area contributed by atoms with Gasteiger partial charge in [-0.2, -0.15) is 0 Å². The number of piperidine rings is 1. The van der Waals surface area contributed by atoms with Gasteiger partial charge in [0.05, 0.1) is 12.8 Å². The summed E-state index contributed by atoms with van der Waals surface area (Å²) in [7, 11) is 0. The van der Waals surface area contributed by atoms with Crippen molar-refractivity contribution in [1.82, 2.24) is 10.6 Å². The maximum absolute atomic E-state index is 12.3. The van der Waals surface area contributed by atoms with Gasteiger partial charge in [0, 0.05) is 12.5 Å². The molecule has 0 aromatic rings. The topological polar surface area (TPSA) is 62.7 Å². The summed E-state index contributed by atoms with van der Waals surface area (Å²) in [6.07, 6.45) is 6.25. The summed E-state index contributed by atoms with van der Waals surface area (Å²) in [6, 6.07) is 0. The molecule has 1 saturated carbocycles. The predicted octanol–water partition coefficient (Wildman–Crippen LogP) is 1.57. The molecule has 22 heavy (non-hydrogen) atoms. The standard InChI is InChI=1S/C16H26FN3O2/c17-8-1-11-22-13-4-2-12(3-5-13)14-19-15(21)16(20-14)6-9-18-10-7-16/h12-13,18H,1-11H2,(H,19,20,21)/t12-,13+. The zero-order valence-corrected chi connectivity index (χ0v) is 13.1. The van der Waals surface area contributed by atoms with Gasteiger partial charge in [0.25, 0.3) is 5.91 Å². The van der Waals surface area contributed by atoms with Crippen molar-refractivity contribution in [1.29, 1.82) is 0 Å². The number of nitrogens with zero attached hydrogens (tertiary/aromatic N) is 1. The molecule has 0 unspecified atom stereocenters. The van der Waals surface area contributed by atoms with Gasteiger partial charge in [-0.1, -0.05) is 0 Å². The minimum atomic E-state index is -0.505. The van der Waals surface area contributed by atoms with E-state index < -0.39 is 5.54 Å². The molecule has 1 spiro atoms. The van der Waals surface area contributed by atoms with Gasteiger partial charge in [-0.15, -0.1) is 0 Å². The lowest BCUT2D eigenvalue weighted by Crippen LogP contribution is -2.47. The molecule has 1 amide bonds. The first kappa shape index (κ1) is 15.9. The van der Waals surface area contributed by atoms with Crippen molar-refractivity contribution in [2.75, 3.05) is 26.4 Å². The van der Waals surface area contributed by atoms with Crippen molar-refractivity contribution in [3.63, 3.8) is 0 Å². The summed E-state index contributed by atoms with van der Waals surface area (Å²) >= 11 is 0. The summed E-state index contributed by atoms with van der Waals surface area (Å²) in [4.78, 5) is 17.1. The van der Waals surface area contributed by atoms with E-state index in [9.17, 15) is 9.18 Å². The Bertz CT molecular complexity index is 427. The number of hydrogen-bond acceptors (Lipinski definition) is 4. The molecule has 124 valence electrons. The molecule has 2 aliphatic heterocycles. The number of amidine groups is 1. The molecule has 1 saturated heterocycles. The van der Waals surface area contributed by atoms with Gasteiger partial charge in [0.1, 0.15) is 11.4 Å². The lowest BCUT2D eigenvalue weighted by molar-refractivity contribution is -0.124. The van der Waals surface area contributed by atoms with Gasteiger partial charge in [0.2, 0.25) is 0 Å². The van der Waals surface area contributed by atoms with Crippen LogP contribution in [0.5, 0.6) is 0 Å². The molecule has 2 fully saturated rings. The molecular weight excluding hydrogens is 285 g/mol. The van der Waals surface area contributed by atoms with E-state index in [1.165, 1.54) is 0 Å². The average Bonchev–Trinajstić information content (AvgIpc) is 2.86. The predicted molar refractivity (Wildman–Crippen MR) is 82.7 cm³/mol. The minimum Gasteiger partial charge on any atom is -0.378 e. The Kier molecular flexibility index (Phi) is 5.08. The van der Waals surface area contributed by atoms with E-state index >= 15 is 0 Å². The Hall–Kier alpha value is -1.01. The number of carbonyl (C=O) groups is 1. The Labute approximate surface area is 131 Å². The van der Waals surface area contributed by atoms with E-state index in [0.717, 1.165) is 57.5 Å². The Morgan fingerprint density at radius 1 is 1.23 bits per heavy atom. The molecule has 3 aliphatic rings. The molecule has 1 aliphatic carbocycles. The first-order valence-corrected chi connectivity index (χ1v) is 8.53. The average molecular weight is 311 g/mol. The number of rotatable bonds is 5. The molecule has 2 heterocycles. The van der Waals surface area contributed by atoms with Crippen LogP contribution in [0.3, 0.4) is 0 Å². The van der Waals surface area contributed by atoms with E-state index in [0.29, 0.717) is 18.9 Å².